The summed E-state index contributed by atoms with van der Waals surface area (Å²) < 4.78 is 4.20. The molecule has 0 atom stereocenters. The molecule has 0 aliphatic rings. The van der Waals surface area contributed by atoms with E-state index in [0.29, 0.717) is 5.69 Å². The minimum Gasteiger partial charge on any atom is -0.348 e. The first kappa shape index (κ1) is 10.4. The topological polar surface area (TPSA) is 61.8 Å². The van der Waals surface area contributed by atoms with Crippen molar-refractivity contribution in [3.8, 4) is 0 Å². The highest BCUT2D eigenvalue weighted by Gasteiger charge is 2.12. The molecule has 0 aliphatic carbocycles. The summed E-state index contributed by atoms with van der Waals surface area (Å²) in [5.41, 5.74) is 0.278. The Bertz CT molecular complexity index is 576. The third-order valence-electron chi connectivity index (χ3n) is 2.41. The zero-order valence-corrected chi connectivity index (χ0v) is 9.12. The summed E-state index contributed by atoms with van der Waals surface area (Å²) in [6, 6.07) is 3.50. The third kappa shape index (κ3) is 1.69. The molecule has 0 aliphatic heterocycles. The predicted octanol–water partition coefficient (Wildman–Crippen LogP) is -0.197. The van der Waals surface area contributed by atoms with Gasteiger partial charge >= 0.3 is 5.69 Å². The summed E-state index contributed by atoms with van der Waals surface area (Å²) >= 11 is 0. The van der Waals surface area contributed by atoms with E-state index < -0.39 is 0 Å². The minimum absolute atomic E-state index is 0.0302. The van der Waals surface area contributed by atoms with E-state index >= 15 is 0 Å². The maximum absolute atomic E-state index is 11.8. The maximum Gasteiger partial charge on any atom is 0.345 e. The van der Waals surface area contributed by atoms with Gasteiger partial charge < -0.3 is 4.57 Å². The Labute approximate surface area is 91.7 Å². The minimum atomic E-state index is -0.289. The van der Waals surface area contributed by atoms with Gasteiger partial charge in [0.05, 0.1) is 5.69 Å². The monoisotopic (exact) mass is 220 g/mol. The molecule has 0 spiro atoms. The van der Waals surface area contributed by atoms with Crippen LogP contribution in [0.3, 0.4) is 0 Å². The van der Waals surface area contributed by atoms with Crippen LogP contribution in [0.2, 0.25) is 0 Å². The van der Waals surface area contributed by atoms with Crippen LogP contribution < -0.4 is 5.69 Å². The first-order valence-corrected chi connectivity index (χ1v) is 4.82. The largest absolute Gasteiger partial charge is 0.348 e. The van der Waals surface area contributed by atoms with E-state index in [1.165, 1.54) is 10.9 Å². The Kier molecular flexibility index (Phi) is 2.47. The van der Waals surface area contributed by atoms with Gasteiger partial charge in [-0.1, -0.05) is 0 Å². The number of hydrogen-bond acceptors (Lipinski definition) is 3. The van der Waals surface area contributed by atoms with Gasteiger partial charge in [0.15, 0.2) is 0 Å². The number of Topliss-reactive ketones (excluding diaryl/α,β-unsaturated/α-hetero) is 1. The van der Waals surface area contributed by atoms with Crippen molar-refractivity contribution in [1.82, 2.24) is 18.9 Å². The number of aryl methyl sites for hydroxylation is 2. The molecule has 0 amide bonds. The van der Waals surface area contributed by atoms with Crippen molar-refractivity contribution in [3.05, 3.63) is 40.8 Å². The van der Waals surface area contributed by atoms with Crippen molar-refractivity contribution in [3.63, 3.8) is 0 Å². The predicted molar refractivity (Wildman–Crippen MR) is 57.2 cm³/mol. The van der Waals surface area contributed by atoms with Crippen LogP contribution in [0, 0.1) is 0 Å². The average Bonchev–Trinajstić information content (AvgIpc) is 2.79. The van der Waals surface area contributed by atoms with Crippen molar-refractivity contribution in [1.29, 1.82) is 0 Å². The second-order valence-electron chi connectivity index (χ2n) is 3.61. The van der Waals surface area contributed by atoms with Crippen LogP contribution in [0.15, 0.2) is 29.5 Å². The lowest BCUT2D eigenvalue weighted by atomic mass is 10.3. The van der Waals surface area contributed by atoms with Crippen LogP contribution in [-0.4, -0.2) is 24.7 Å². The Hall–Kier alpha value is -2.11. The molecule has 2 aromatic rings. The van der Waals surface area contributed by atoms with Crippen LogP contribution in [0.5, 0.6) is 0 Å². The molecule has 0 fully saturated rings. The number of nitrogens with zero attached hydrogens (tertiary/aromatic N) is 4. The Morgan fingerprint density at radius 1 is 1.38 bits per heavy atom. The lowest BCUT2D eigenvalue weighted by molar-refractivity contribution is 0.0958. The molecule has 6 heteroatoms. The molecular weight excluding hydrogens is 208 g/mol. The first-order valence-electron chi connectivity index (χ1n) is 4.82. The molecule has 84 valence electrons. The number of hydrogen-bond donors (Lipinski definition) is 0. The molecule has 16 heavy (non-hydrogen) atoms. The van der Waals surface area contributed by atoms with Crippen molar-refractivity contribution in [2.24, 2.45) is 14.1 Å². The van der Waals surface area contributed by atoms with Gasteiger partial charge in [0.2, 0.25) is 5.78 Å². The SMILES string of the molecule is Cn1cccc1C(=O)Cn1ncn(C)c1=O. The molecule has 0 saturated carbocycles. The van der Waals surface area contributed by atoms with Crippen LogP contribution in [0.4, 0.5) is 0 Å². The summed E-state index contributed by atoms with van der Waals surface area (Å²) in [4.78, 5) is 23.3. The Morgan fingerprint density at radius 2 is 2.12 bits per heavy atom. The summed E-state index contributed by atoms with van der Waals surface area (Å²) in [5.74, 6) is -0.131. The molecule has 0 aromatic carbocycles. The van der Waals surface area contributed by atoms with Gasteiger partial charge in [-0.15, -0.1) is 0 Å². The number of carbonyl (C=O) groups is 1. The van der Waals surface area contributed by atoms with Gasteiger partial charge in [0.1, 0.15) is 12.9 Å². The highest BCUT2D eigenvalue weighted by atomic mass is 16.2. The van der Waals surface area contributed by atoms with E-state index in [1.54, 1.807) is 37.0 Å². The second-order valence-corrected chi connectivity index (χ2v) is 3.61. The number of rotatable bonds is 3. The van der Waals surface area contributed by atoms with Crippen LogP contribution in [-0.2, 0) is 20.6 Å². The molecule has 6 nitrogen and oxygen atoms in total. The van der Waals surface area contributed by atoms with Gasteiger partial charge in [-0.25, -0.2) is 9.48 Å². The van der Waals surface area contributed by atoms with Crippen LogP contribution >= 0.6 is 0 Å². The lowest BCUT2D eigenvalue weighted by Crippen LogP contribution is -2.27. The fourth-order valence-electron chi connectivity index (χ4n) is 1.50. The summed E-state index contributed by atoms with van der Waals surface area (Å²) in [7, 11) is 3.38. The van der Waals surface area contributed by atoms with Crippen molar-refractivity contribution >= 4 is 5.78 Å². The van der Waals surface area contributed by atoms with Gasteiger partial charge in [-0.3, -0.25) is 9.36 Å². The van der Waals surface area contributed by atoms with E-state index in [0.717, 1.165) is 4.68 Å². The maximum atomic E-state index is 11.8. The zero-order valence-electron chi connectivity index (χ0n) is 9.12. The lowest BCUT2D eigenvalue weighted by Gasteiger charge is -2.01. The van der Waals surface area contributed by atoms with Crippen LogP contribution in [0.25, 0.3) is 0 Å². The van der Waals surface area contributed by atoms with E-state index in [2.05, 4.69) is 5.10 Å². The molecule has 0 unspecified atom stereocenters. The zero-order chi connectivity index (χ0) is 11.7. The van der Waals surface area contributed by atoms with Crippen molar-refractivity contribution in [2.45, 2.75) is 6.54 Å². The molecule has 2 rings (SSSR count). The molecule has 2 aromatic heterocycles. The van der Waals surface area contributed by atoms with E-state index in [4.69, 9.17) is 0 Å². The smallest absolute Gasteiger partial charge is 0.345 e. The molecular formula is C10H12N4O2. The quantitative estimate of drug-likeness (QED) is 0.673. The third-order valence-corrected chi connectivity index (χ3v) is 2.41. The van der Waals surface area contributed by atoms with E-state index in [9.17, 15) is 9.59 Å². The molecule has 0 N–H and O–H groups in total. The van der Waals surface area contributed by atoms with Gasteiger partial charge in [0, 0.05) is 20.3 Å². The molecule has 0 bridgehead atoms. The van der Waals surface area contributed by atoms with Crippen molar-refractivity contribution in [2.75, 3.05) is 0 Å². The van der Waals surface area contributed by atoms with E-state index in [-0.39, 0.29) is 18.0 Å². The summed E-state index contributed by atoms with van der Waals surface area (Å²) in [6.45, 7) is -0.0302. The van der Waals surface area contributed by atoms with E-state index in [1.807, 2.05) is 0 Å². The first-order chi connectivity index (χ1) is 7.59. The second kappa shape index (κ2) is 3.80. The number of aromatic nitrogens is 4. The van der Waals surface area contributed by atoms with Gasteiger partial charge in [-0.2, -0.15) is 5.10 Å². The number of ketones is 1. The standard InChI is InChI=1S/C10H12N4O2/c1-12-5-3-4-8(12)9(15)6-14-10(16)13(2)7-11-14/h3-5,7H,6H2,1-2H3. The fourth-order valence-corrected chi connectivity index (χ4v) is 1.50. The highest BCUT2D eigenvalue weighted by Crippen LogP contribution is 2.01. The van der Waals surface area contributed by atoms with Gasteiger partial charge in [-0.05, 0) is 12.1 Å². The highest BCUT2D eigenvalue weighted by molar-refractivity contribution is 5.94. The normalized spacial score (nSPS) is 10.6. The number of carbonyl (C=O) groups excluding carboxylic acids is 1. The fraction of sp³-hybridized carbons (Fsp3) is 0.300. The molecule has 0 saturated heterocycles. The summed E-state index contributed by atoms with van der Waals surface area (Å²) in [6.07, 6.45) is 3.18. The Balaban J connectivity index is 2.24. The molecule has 2 heterocycles. The molecule has 0 radical (unpaired) electrons. The average molecular weight is 220 g/mol. The van der Waals surface area contributed by atoms with Crippen molar-refractivity contribution < 1.29 is 4.79 Å². The van der Waals surface area contributed by atoms with Gasteiger partial charge in [0.25, 0.3) is 0 Å². The van der Waals surface area contributed by atoms with Crippen LogP contribution in [0.1, 0.15) is 10.5 Å². The Morgan fingerprint density at radius 3 is 2.62 bits per heavy atom. The summed E-state index contributed by atoms with van der Waals surface area (Å²) in [5, 5.41) is 3.83.